The number of carbonyl (C=O) groups is 2. The SMILES string of the molecule is CS(=O)(=O)CCC(=O)NCC1(CC(=O)O)CCCCC1. The van der Waals surface area contributed by atoms with Crippen molar-refractivity contribution >= 4 is 21.7 Å². The van der Waals surface area contributed by atoms with Gasteiger partial charge in [-0.15, -0.1) is 0 Å². The topological polar surface area (TPSA) is 101 Å². The molecule has 0 radical (unpaired) electrons. The smallest absolute Gasteiger partial charge is 0.303 e. The summed E-state index contributed by atoms with van der Waals surface area (Å²) in [6.45, 7) is 0.321. The lowest BCUT2D eigenvalue weighted by molar-refractivity contribution is -0.140. The minimum atomic E-state index is -3.15. The Hall–Kier alpha value is -1.11. The molecule has 1 rings (SSSR count). The molecule has 7 heteroatoms. The molecule has 116 valence electrons. The number of carboxylic acids is 1. The summed E-state index contributed by atoms with van der Waals surface area (Å²) in [5, 5.41) is 11.7. The van der Waals surface area contributed by atoms with Gasteiger partial charge in [0.15, 0.2) is 0 Å². The van der Waals surface area contributed by atoms with E-state index in [1.165, 1.54) is 0 Å². The molecule has 0 saturated heterocycles. The van der Waals surface area contributed by atoms with Crippen LogP contribution in [0.15, 0.2) is 0 Å². The second kappa shape index (κ2) is 7.06. The highest BCUT2D eigenvalue weighted by molar-refractivity contribution is 7.90. The van der Waals surface area contributed by atoms with Crippen LogP contribution in [0.4, 0.5) is 0 Å². The third-order valence-corrected chi connectivity index (χ3v) is 4.75. The Kier molecular flexibility index (Phi) is 5.98. The van der Waals surface area contributed by atoms with E-state index in [0.29, 0.717) is 6.54 Å². The molecule has 0 atom stereocenters. The zero-order valence-corrected chi connectivity index (χ0v) is 12.7. The Bertz CT molecular complexity index is 451. The molecule has 1 aliphatic rings. The number of sulfone groups is 1. The number of carboxylic acid groups (broad SMARTS) is 1. The Morgan fingerprint density at radius 1 is 1.20 bits per heavy atom. The van der Waals surface area contributed by atoms with Crippen molar-refractivity contribution in [3.05, 3.63) is 0 Å². The minimum Gasteiger partial charge on any atom is -0.481 e. The minimum absolute atomic E-state index is 0.0549. The van der Waals surface area contributed by atoms with Crippen LogP contribution in [0.5, 0.6) is 0 Å². The molecule has 1 amide bonds. The summed E-state index contributed by atoms with van der Waals surface area (Å²) in [5.41, 5.74) is -0.370. The summed E-state index contributed by atoms with van der Waals surface area (Å²) in [6, 6.07) is 0. The van der Waals surface area contributed by atoms with Gasteiger partial charge in [0, 0.05) is 19.2 Å². The number of nitrogens with one attached hydrogen (secondary N) is 1. The van der Waals surface area contributed by atoms with E-state index in [1.807, 2.05) is 0 Å². The molecular formula is C13H23NO5S. The van der Waals surface area contributed by atoms with E-state index in [2.05, 4.69) is 5.32 Å². The van der Waals surface area contributed by atoms with Gasteiger partial charge in [-0.3, -0.25) is 9.59 Å². The molecule has 0 aromatic carbocycles. The van der Waals surface area contributed by atoms with Gasteiger partial charge < -0.3 is 10.4 Å². The maximum atomic E-state index is 11.6. The summed E-state index contributed by atoms with van der Waals surface area (Å²) in [5.74, 6) is -1.35. The lowest BCUT2D eigenvalue weighted by Gasteiger charge is -2.36. The van der Waals surface area contributed by atoms with Gasteiger partial charge in [0.05, 0.1) is 12.2 Å². The van der Waals surface area contributed by atoms with Crippen molar-refractivity contribution in [3.8, 4) is 0 Å². The largest absolute Gasteiger partial charge is 0.481 e. The van der Waals surface area contributed by atoms with E-state index in [-0.39, 0.29) is 29.9 Å². The van der Waals surface area contributed by atoms with Crippen LogP contribution in [0.3, 0.4) is 0 Å². The molecular weight excluding hydrogens is 282 g/mol. The predicted octanol–water partition coefficient (Wildman–Crippen LogP) is 0.962. The average molecular weight is 305 g/mol. The van der Waals surface area contributed by atoms with Crippen LogP contribution >= 0.6 is 0 Å². The number of hydrogen-bond donors (Lipinski definition) is 2. The van der Waals surface area contributed by atoms with Crippen molar-refractivity contribution < 1.29 is 23.1 Å². The molecule has 6 nitrogen and oxygen atoms in total. The van der Waals surface area contributed by atoms with Crippen LogP contribution in [0, 0.1) is 5.41 Å². The number of carbonyl (C=O) groups excluding carboxylic acids is 1. The monoisotopic (exact) mass is 305 g/mol. The first-order valence-corrected chi connectivity index (χ1v) is 8.95. The van der Waals surface area contributed by atoms with Gasteiger partial charge in [0.25, 0.3) is 0 Å². The Balaban J connectivity index is 2.49. The van der Waals surface area contributed by atoms with Crippen LogP contribution in [0.2, 0.25) is 0 Å². The summed E-state index contributed by atoms with van der Waals surface area (Å²) in [6.07, 6.45) is 5.73. The van der Waals surface area contributed by atoms with Crippen LogP contribution < -0.4 is 5.32 Å². The number of amides is 1. The lowest BCUT2D eigenvalue weighted by Crippen LogP contribution is -2.40. The molecule has 0 aliphatic heterocycles. The van der Waals surface area contributed by atoms with Gasteiger partial charge in [-0.2, -0.15) is 0 Å². The maximum Gasteiger partial charge on any atom is 0.303 e. The number of aliphatic carboxylic acids is 1. The second-order valence-corrected chi connectivity index (χ2v) is 8.05. The molecule has 1 aliphatic carbocycles. The fourth-order valence-electron chi connectivity index (χ4n) is 2.69. The van der Waals surface area contributed by atoms with Gasteiger partial charge in [0.2, 0.25) is 5.91 Å². The fraction of sp³-hybridized carbons (Fsp3) is 0.846. The molecule has 1 saturated carbocycles. The summed E-state index contributed by atoms with van der Waals surface area (Å²) < 4.78 is 22.0. The van der Waals surface area contributed by atoms with Gasteiger partial charge in [-0.25, -0.2) is 8.42 Å². The van der Waals surface area contributed by atoms with Crippen LogP contribution in [0.25, 0.3) is 0 Å². The number of hydrogen-bond acceptors (Lipinski definition) is 4. The molecule has 0 spiro atoms. The number of rotatable bonds is 7. The summed E-state index contributed by atoms with van der Waals surface area (Å²) in [7, 11) is -3.15. The van der Waals surface area contributed by atoms with E-state index in [0.717, 1.165) is 38.4 Å². The third-order valence-electron chi connectivity index (χ3n) is 3.80. The maximum absolute atomic E-state index is 11.6. The molecule has 0 aromatic rings. The standard InChI is InChI=1S/C13H23NO5S/c1-20(18,19)8-5-11(15)14-10-13(9-12(16)17)6-3-2-4-7-13/h2-10H2,1H3,(H,14,15)(H,16,17). The Labute approximate surface area is 119 Å². The normalized spacial score (nSPS) is 18.4. The highest BCUT2D eigenvalue weighted by atomic mass is 32.2. The van der Waals surface area contributed by atoms with Crippen molar-refractivity contribution in [1.29, 1.82) is 0 Å². The van der Waals surface area contributed by atoms with Crippen LogP contribution in [-0.2, 0) is 19.4 Å². The molecule has 2 N–H and O–H groups in total. The Morgan fingerprint density at radius 3 is 2.30 bits per heavy atom. The van der Waals surface area contributed by atoms with Crippen molar-refractivity contribution in [1.82, 2.24) is 5.32 Å². The first-order valence-electron chi connectivity index (χ1n) is 6.89. The quantitative estimate of drug-likeness (QED) is 0.729. The highest BCUT2D eigenvalue weighted by Crippen LogP contribution is 2.38. The Morgan fingerprint density at radius 2 is 1.80 bits per heavy atom. The van der Waals surface area contributed by atoms with Gasteiger partial charge in [-0.05, 0) is 18.3 Å². The first-order chi connectivity index (χ1) is 9.22. The lowest BCUT2D eigenvalue weighted by atomic mass is 9.71. The van der Waals surface area contributed by atoms with E-state index in [1.54, 1.807) is 0 Å². The van der Waals surface area contributed by atoms with E-state index in [9.17, 15) is 18.0 Å². The van der Waals surface area contributed by atoms with Crippen LogP contribution in [-0.4, -0.2) is 44.0 Å². The second-order valence-electron chi connectivity index (χ2n) is 5.79. The van der Waals surface area contributed by atoms with E-state index < -0.39 is 15.8 Å². The highest BCUT2D eigenvalue weighted by Gasteiger charge is 2.34. The van der Waals surface area contributed by atoms with Crippen molar-refractivity contribution in [2.45, 2.75) is 44.9 Å². The molecule has 0 unspecified atom stereocenters. The van der Waals surface area contributed by atoms with Gasteiger partial charge in [0.1, 0.15) is 9.84 Å². The first kappa shape index (κ1) is 16.9. The zero-order chi connectivity index (χ0) is 15.2. The third kappa shape index (κ3) is 6.36. The molecule has 0 heterocycles. The summed E-state index contributed by atoms with van der Waals surface area (Å²) >= 11 is 0. The van der Waals surface area contributed by atoms with Gasteiger partial charge in [-0.1, -0.05) is 19.3 Å². The molecule has 0 bridgehead atoms. The van der Waals surface area contributed by atoms with Crippen LogP contribution in [0.1, 0.15) is 44.9 Å². The van der Waals surface area contributed by atoms with E-state index >= 15 is 0 Å². The van der Waals surface area contributed by atoms with Crippen molar-refractivity contribution in [2.75, 3.05) is 18.6 Å². The molecule has 0 aromatic heterocycles. The fourth-order valence-corrected chi connectivity index (χ4v) is 3.25. The molecule has 20 heavy (non-hydrogen) atoms. The van der Waals surface area contributed by atoms with Crippen molar-refractivity contribution in [2.24, 2.45) is 5.41 Å². The molecule has 1 fully saturated rings. The zero-order valence-electron chi connectivity index (χ0n) is 11.9. The van der Waals surface area contributed by atoms with Gasteiger partial charge >= 0.3 is 5.97 Å². The van der Waals surface area contributed by atoms with E-state index in [4.69, 9.17) is 5.11 Å². The van der Waals surface area contributed by atoms with Crippen molar-refractivity contribution in [3.63, 3.8) is 0 Å². The summed E-state index contributed by atoms with van der Waals surface area (Å²) in [4.78, 5) is 22.6. The average Bonchev–Trinajstić information content (AvgIpc) is 2.33. The predicted molar refractivity (Wildman–Crippen MR) is 75.1 cm³/mol.